The van der Waals surface area contributed by atoms with E-state index in [2.05, 4.69) is 0 Å². The van der Waals surface area contributed by atoms with Gasteiger partial charge in [0.1, 0.15) is 5.82 Å². The molecule has 0 unspecified atom stereocenters. The maximum atomic E-state index is 13.2. The van der Waals surface area contributed by atoms with E-state index in [1.807, 2.05) is 0 Å². The molecule has 88 valence electrons. The zero-order valence-corrected chi connectivity index (χ0v) is 9.08. The van der Waals surface area contributed by atoms with E-state index in [0.29, 0.717) is 0 Å². The van der Waals surface area contributed by atoms with Gasteiger partial charge in [0.25, 0.3) is 0 Å². The van der Waals surface area contributed by atoms with Gasteiger partial charge >= 0.3 is 5.51 Å². The summed E-state index contributed by atoms with van der Waals surface area (Å²) in [7, 11) is 0. The number of hydrogen-bond donors (Lipinski definition) is 0. The van der Waals surface area contributed by atoms with Gasteiger partial charge in [0, 0.05) is 12.0 Å². The van der Waals surface area contributed by atoms with Gasteiger partial charge in [0.05, 0.1) is 4.90 Å². The van der Waals surface area contributed by atoms with Crippen LogP contribution in [0.25, 0.3) is 0 Å². The lowest BCUT2D eigenvalue weighted by molar-refractivity contribution is -0.0329. The molecule has 0 aliphatic rings. The van der Waals surface area contributed by atoms with Gasteiger partial charge in [-0.3, -0.25) is 4.79 Å². The van der Waals surface area contributed by atoms with Gasteiger partial charge in [-0.1, -0.05) is 19.1 Å². The number of carbonyl (C=O) groups excluding carboxylic acids is 1. The first kappa shape index (κ1) is 13.0. The van der Waals surface area contributed by atoms with Gasteiger partial charge < -0.3 is 0 Å². The first-order chi connectivity index (χ1) is 7.35. The van der Waals surface area contributed by atoms with Crippen LogP contribution in [-0.2, 0) is 0 Å². The maximum absolute atomic E-state index is 13.2. The normalized spacial score (nSPS) is 11.6. The molecule has 0 spiro atoms. The molecule has 0 atom stereocenters. The van der Waals surface area contributed by atoms with E-state index >= 15 is 0 Å². The number of alkyl halides is 3. The molecule has 0 radical (unpaired) electrons. The Hall–Kier alpha value is -1.04. The van der Waals surface area contributed by atoms with Crippen LogP contribution in [0.5, 0.6) is 0 Å². The molecular formula is C10H8F4OS. The monoisotopic (exact) mass is 252 g/mol. The van der Waals surface area contributed by atoms with E-state index in [1.54, 1.807) is 0 Å². The van der Waals surface area contributed by atoms with Crippen LogP contribution in [0.15, 0.2) is 23.1 Å². The predicted octanol–water partition coefficient (Wildman–Crippen LogP) is 4.03. The SMILES string of the molecule is CCC(=O)c1cccc(F)c1SC(F)(F)F. The van der Waals surface area contributed by atoms with Crippen molar-refractivity contribution in [3.05, 3.63) is 29.6 Å². The summed E-state index contributed by atoms with van der Waals surface area (Å²) in [5.74, 6) is -1.53. The van der Waals surface area contributed by atoms with Crippen LogP contribution in [0, 0.1) is 5.82 Å². The highest BCUT2D eigenvalue weighted by Gasteiger charge is 2.32. The lowest BCUT2D eigenvalue weighted by Gasteiger charge is -2.10. The molecule has 0 aliphatic heterocycles. The van der Waals surface area contributed by atoms with Crippen molar-refractivity contribution < 1.29 is 22.4 Å². The molecule has 0 bridgehead atoms. The van der Waals surface area contributed by atoms with Crippen LogP contribution in [0.2, 0.25) is 0 Å². The number of Topliss-reactive ketones (excluding diaryl/α,β-unsaturated/α-hetero) is 1. The minimum Gasteiger partial charge on any atom is -0.294 e. The molecule has 0 saturated carbocycles. The number of rotatable bonds is 3. The maximum Gasteiger partial charge on any atom is 0.446 e. The molecule has 0 heterocycles. The van der Waals surface area contributed by atoms with E-state index in [1.165, 1.54) is 19.1 Å². The van der Waals surface area contributed by atoms with Crippen molar-refractivity contribution in [1.29, 1.82) is 0 Å². The van der Waals surface area contributed by atoms with Gasteiger partial charge in [0.2, 0.25) is 0 Å². The molecule has 0 amide bonds. The van der Waals surface area contributed by atoms with E-state index in [0.717, 1.165) is 6.07 Å². The molecule has 1 aromatic rings. The first-order valence-electron chi connectivity index (χ1n) is 4.42. The number of thioether (sulfide) groups is 1. The Morgan fingerprint density at radius 3 is 2.50 bits per heavy atom. The van der Waals surface area contributed by atoms with Crippen LogP contribution in [0.1, 0.15) is 23.7 Å². The van der Waals surface area contributed by atoms with Crippen molar-refractivity contribution in [3.63, 3.8) is 0 Å². The highest BCUT2D eigenvalue weighted by molar-refractivity contribution is 8.00. The zero-order chi connectivity index (χ0) is 12.3. The van der Waals surface area contributed by atoms with E-state index in [4.69, 9.17) is 0 Å². The van der Waals surface area contributed by atoms with Crippen molar-refractivity contribution in [1.82, 2.24) is 0 Å². The van der Waals surface area contributed by atoms with Crippen LogP contribution >= 0.6 is 11.8 Å². The van der Waals surface area contributed by atoms with Crippen molar-refractivity contribution in [2.75, 3.05) is 0 Å². The number of halogens is 4. The summed E-state index contributed by atoms with van der Waals surface area (Å²) in [5, 5.41) is 0. The third-order valence-electron chi connectivity index (χ3n) is 1.81. The minimum atomic E-state index is -4.61. The van der Waals surface area contributed by atoms with Crippen LogP contribution < -0.4 is 0 Å². The lowest BCUT2D eigenvalue weighted by atomic mass is 10.1. The number of hydrogen-bond acceptors (Lipinski definition) is 2. The molecule has 0 N–H and O–H groups in total. The molecule has 0 fully saturated rings. The fraction of sp³-hybridized carbons (Fsp3) is 0.300. The Morgan fingerprint density at radius 1 is 1.38 bits per heavy atom. The zero-order valence-electron chi connectivity index (χ0n) is 8.27. The quantitative estimate of drug-likeness (QED) is 0.459. The average Bonchev–Trinajstić information content (AvgIpc) is 2.18. The summed E-state index contributed by atoms with van der Waals surface area (Å²) in [4.78, 5) is 10.7. The third kappa shape index (κ3) is 3.23. The van der Waals surface area contributed by atoms with Gasteiger partial charge in [-0.15, -0.1) is 0 Å². The minimum absolute atomic E-state index is 0.0366. The second kappa shape index (κ2) is 4.86. The van der Waals surface area contributed by atoms with Gasteiger partial charge in [-0.25, -0.2) is 4.39 Å². The number of carbonyl (C=O) groups is 1. The molecule has 0 aromatic heterocycles. The lowest BCUT2D eigenvalue weighted by Crippen LogP contribution is -2.06. The molecule has 16 heavy (non-hydrogen) atoms. The van der Waals surface area contributed by atoms with E-state index in [-0.39, 0.29) is 12.0 Å². The summed E-state index contributed by atoms with van der Waals surface area (Å²) in [6, 6.07) is 3.32. The van der Waals surface area contributed by atoms with Crippen molar-refractivity contribution in [2.45, 2.75) is 23.7 Å². The summed E-state index contributed by atoms with van der Waals surface area (Å²) in [6.45, 7) is 1.51. The Bertz CT molecular complexity index is 400. The second-order valence-corrected chi connectivity index (χ2v) is 4.02. The van der Waals surface area contributed by atoms with Crippen LogP contribution in [-0.4, -0.2) is 11.3 Å². The molecular weight excluding hydrogens is 244 g/mol. The van der Waals surface area contributed by atoms with Crippen LogP contribution in [0.4, 0.5) is 17.6 Å². The Kier molecular flexibility index (Phi) is 3.96. The fourth-order valence-corrected chi connectivity index (χ4v) is 1.83. The Labute approximate surface area is 93.8 Å². The number of ketones is 1. The number of benzene rings is 1. The van der Waals surface area contributed by atoms with Crippen molar-refractivity contribution >= 4 is 17.5 Å². The van der Waals surface area contributed by atoms with Crippen LogP contribution in [0.3, 0.4) is 0 Å². The summed E-state index contributed by atoms with van der Waals surface area (Å²) < 4.78 is 49.7. The average molecular weight is 252 g/mol. The van der Waals surface area contributed by atoms with E-state index < -0.39 is 33.8 Å². The topological polar surface area (TPSA) is 17.1 Å². The largest absolute Gasteiger partial charge is 0.446 e. The molecule has 1 aromatic carbocycles. The summed E-state index contributed by atoms with van der Waals surface area (Å²) in [5.41, 5.74) is -4.82. The smallest absolute Gasteiger partial charge is 0.294 e. The standard InChI is InChI=1S/C10H8F4OS/c1-2-8(15)6-4-3-5-7(11)9(6)16-10(12,13)14/h3-5H,2H2,1H3. The second-order valence-electron chi connectivity index (χ2n) is 2.94. The highest BCUT2D eigenvalue weighted by atomic mass is 32.2. The molecule has 6 heteroatoms. The summed E-state index contributed by atoms with van der Waals surface area (Å²) in [6.07, 6.45) is 0.0366. The van der Waals surface area contributed by atoms with E-state index in [9.17, 15) is 22.4 Å². The Morgan fingerprint density at radius 2 is 2.00 bits per heavy atom. The molecule has 0 aliphatic carbocycles. The first-order valence-corrected chi connectivity index (χ1v) is 5.24. The molecule has 1 rings (SSSR count). The fourth-order valence-electron chi connectivity index (χ4n) is 1.14. The highest BCUT2D eigenvalue weighted by Crippen LogP contribution is 2.40. The third-order valence-corrected chi connectivity index (χ3v) is 2.66. The summed E-state index contributed by atoms with van der Waals surface area (Å²) >= 11 is -0.598. The predicted molar refractivity (Wildman–Crippen MR) is 52.9 cm³/mol. The van der Waals surface area contributed by atoms with Crippen molar-refractivity contribution in [3.8, 4) is 0 Å². The van der Waals surface area contributed by atoms with Crippen molar-refractivity contribution in [2.24, 2.45) is 0 Å². The van der Waals surface area contributed by atoms with Gasteiger partial charge in [0.15, 0.2) is 5.78 Å². The molecule has 0 saturated heterocycles. The van der Waals surface area contributed by atoms with Gasteiger partial charge in [-0.05, 0) is 17.8 Å². The van der Waals surface area contributed by atoms with Gasteiger partial charge in [-0.2, -0.15) is 13.2 Å². The Balaban J connectivity index is 3.19. The molecule has 1 nitrogen and oxygen atoms in total.